The Morgan fingerprint density at radius 1 is 1.19 bits per heavy atom. The number of aryl methyl sites for hydroxylation is 3. The minimum absolute atomic E-state index is 0.000620. The molecule has 1 fully saturated rings. The molecule has 1 atom stereocenters. The Morgan fingerprint density at radius 3 is 2.48 bits per heavy atom. The topological polar surface area (TPSA) is 101 Å². The molecule has 1 saturated heterocycles. The summed E-state index contributed by atoms with van der Waals surface area (Å²) < 4.78 is 1.68. The van der Waals surface area contributed by atoms with Gasteiger partial charge in [-0.25, -0.2) is 14.6 Å². The summed E-state index contributed by atoms with van der Waals surface area (Å²) in [6.07, 6.45) is 1.79. The molecule has 0 aromatic carbocycles. The van der Waals surface area contributed by atoms with Crippen molar-refractivity contribution in [2.24, 2.45) is 0 Å². The van der Waals surface area contributed by atoms with Crippen LogP contribution in [0.2, 0.25) is 0 Å². The van der Waals surface area contributed by atoms with Crippen LogP contribution in [-0.4, -0.2) is 54.2 Å². The number of carbonyl (C=O) groups excluding carboxylic acids is 1. The van der Waals surface area contributed by atoms with Gasteiger partial charge in [0.05, 0.1) is 18.5 Å². The van der Waals surface area contributed by atoms with Crippen LogP contribution in [-0.2, 0) is 16.0 Å². The molecule has 27 heavy (non-hydrogen) atoms. The zero-order chi connectivity index (χ0) is 19.7. The highest BCUT2D eigenvalue weighted by Gasteiger charge is 2.31. The van der Waals surface area contributed by atoms with E-state index in [1.165, 1.54) is 0 Å². The third kappa shape index (κ3) is 3.99. The van der Waals surface area contributed by atoms with E-state index in [4.69, 9.17) is 5.11 Å². The molecule has 1 amide bonds. The summed E-state index contributed by atoms with van der Waals surface area (Å²) in [6, 6.07) is 1.68. The van der Waals surface area contributed by atoms with Gasteiger partial charge in [0.15, 0.2) is 0 Å². The van der Waals surface area contributed by atoms with E-state index in [0.717, 1.165) is 41.2 Å². The zero-order valence-corrected chi connectivity index (χ0v) is 16.2. The maximum Gasteiger partial charge on any atom is 0.305 e. The molecule has 3 rings (SSSR count). The number of carbonyl (C=O) groups is 2. The third-order valence-corrected chi connectivity index (χ3v) is 5.04. The first-order valence-electron chi connectivity index (χ1n) is 9.15. The molecule has 2 aromatic rings. The molecule has 0 radical (unpaired) electrons. The molecule has 3 heterocycles. The monoisotopic (exact) mass is 371 g/mol. The van der Waals surface area contributed by atoms with Gasteiger partial charge in [-0.15, -0.1) is 0 Å². The van der Waals surface area contributed by atoms with E-state index in [1.807, 2.05) is 33.8 Å². The largest absolute Gasteiger partial charge is 0.481 e. The second kappa shape index (κ2) is 7.46. The van der Waals surface area contributed by atoms with Crippen molar-refractivity contribution in [1.82, 2.24) is 24.6 Å². The van der Waals surface area contributed by atoms with Crippen LogP contribution in [0.15, 0.2) is 6.07 Å². The second-order valence-electron chi connectivity index (χ2n) is 7.17. The number of aliphatic carboxylic acids is 1. The number of hydrogen-bond acceptors (Lipinski definition) is 5. The van der Waals surface area contributed by atoms with E-state index in [2.05, 4.69) is 15.1 Å². The van der Waals surface area contributed by atoms with Crippen molar-refractivity contribution in [3.63, 3.8) is 0 Å². The normalized spacial score (nSPS) is 16.7. The summed E-state index contributed by atoms with van der Waals surface area (Å²) in [7, 11) is 0. The maximum absolute atomic E-state index is 12.8. The molecule has 1 aliphatic heterocycles. The van der Waals surface area contributed by atoms with Crippen molar-refractivity contribution in [2.45, 2.75) is 59.4 Å². The first-order chi connectivity index (χ1) is 12.8. The third-order valence-electron chi connectivity index (χ3n) is 5.04. The minimum Gasteiger partial charge on any atom is -0.481 e. The highest BCUT2D eigenvalue weighted by atomic mass is 16.4. The second-order valence-corrected chi connectivity index (χ2v) is 7.17. The SMILES string of the molecule is Cc1cc(C)nc(-n2nc(C)c(CC(=O)N3CCCC3CC(=O)O)c2C)n1. The molecule has 0 saturated carbocycles. The number of likely N-dealkylation sites (tertiary alicyclic amines) is 1. The quantitative estimate of drug-likeness (QED) is 0.861. The predicted octanol–water partition coefficient (Wildman–Crippen LogP) is 1.90. The van der Waals surface area contributed by atoms with Gasteiger partial charge in [-0.1, -0.05) is 0 Å². The lowest BCUT2D eigenvalue weighted by atomic mass is 10.1. The number of carboxylic acids is 1. The van der Waals surface area contributed by atoms with Crippen LogP contribution in [0, 0.1) is 27.7 Å². The summed E-state index contributed by atoms with van der Waals surface area (Å²) in [5.74, 6) is -0.422. The van der Waals surface area contributed by atoms with Gasteiger partial charge < -0.3 is 10.0 Å². The molecule has 0 spiro atoms. The fraction of sp³-hybridized carbons (Fsp3) is 0.526. The van der Waals surface area contributed by atoms with Crippen LogP contribution in [0.3, 0.4) is 0 Å². The van der Waals surface area contributed by atoms with Crippen LogP contribution in [0.4, 0.5) is 0 Å². The first kappa shape index (κ1) is 19.0. The van der Waals surface area contributed by atoms with Crippen LogP contribution in [0.25, 0.3) is 5.95 Å². The smallest absolute Gasteiger partial charge is 0.305 e. The van der Waals surface area contributed by atoms with Crippen LogP contribution in [0.5, 0.6) is 0 Å². The van der Waals surface area contributed by atoms with Crippen molar-refractivity contribution < 1.29 is 14.7 Å². The van der Waals surface area contributed by atoms with Gasteiger partial charge >= 0.3 is 5.97 Å². The van der Waals surface area contributed by atoms with E-state index >= 15 is 0 Å². The molecule has 1 aliphatic rings. The Labute approximate surface area is 158 Å². The summed E-state index contributed by atoms with van der Waals surface area (Å²) in [6.45, 7) is 8.20. The Balaban J connectivity index is 1.84. The lowest BCUT2D eigenvalue weighted by Gasteiger charge is -2.23. The van der Waals surface area contributed by atoms with Gasteiger partial charge in [0.25, 0.3) is 5.95 Å². The number of carboxylic acid groups (broad SMARTS) is 1. The molecule has 144 valence electrons. The maximum atomic E-state index is 12.8. The average molecular weight is 371 g/mol. The van der Waals surface area contributed by atoms with E-state index in [0.29, 0.717) is 12.5 Å². The van der Waals surface area contributed by atoms with Crippen LogP contribution >= 0.6 is 0 Å². The summed E-state index contributed by atoms with van der Waals surface area (Å²) in [4.78, 5) is 34.5. The lowest BCUT2D eigenvalue weighted by molar-refractivity contribution is -0.139. The van der Waals surface area contributed by atoms with Gasteiger partial charge in [-0.05, 0) is 46.6 Å². The molecule has 1 unspecified atom stereocenters. The number of rotatable bonds is 5. The van der Waals surface area contributed by atoms with Crippen LogP contribution in [0.1, 0.15) is 47.6 Å². The number of aromatic nitrogens is 4. The van der Waals surface area contributed by atoms with Crippen molar-refractivity contribution in [2.75, 3.05) is 6.54 Å². The summed E-state index contributed by atoms with van der Waals surface area (Å²) in [5.41, 5.74) is 4.16. The van der Waals surface area contributed by atoms with Crippen molar-refractivity contribution in [1.29, 1.82) is 0 Å². The van der Waals surface area contributed by atoms with Crippen LogP contribution < -0.4 is 0 Å². The first-order valence-corrected chi connectivity index (χ1v) is 9.15. The molecular formula is C19H25N5O3. The molecule has 0 bridgehead atoms. The Morgan fingerprint density at radius 2 is 1.85 bits per heavy atom. The molecule has 2 aromatic heterocycles. The van der Waals surface area contributed by atoms with E-state index in [-0.39, 0.29) is 24.8 Å². The number of nitrogens with zero attached hydrogens (tertiary/aromatic N) is 5. The summed E-state index contributed by atoms with van der Waals surface area (Å²) in [5, 5.41) is 13.6. The number of amides is 1. The molecule has 8 heteroatoms. The van der Waals surface area contributed by atoms with Gasteiger partial charge in [0, 0.05) is 35.2 Å². The highest BCUT2D eigenvalue weighted by Crippen LogP contribution is 2.23. The fourth-order valence-corrected chi connectivity index (χ4v) is 3.76. The van der Waals surface area contributed by atoms with Crippen molar-refractivity contribution in [3.8, 4) is 5.95 Å². The van der Waals surface area contributed by atoms with Crippen molar-refractivity contribution in [3.05, 3.63) is 34.4 Å². The van der Waals surface area contributed by atoms with E-state index < -0.39 is 5.97 Å². The Kier molecular flexibility index (Phi) is 5.25. The standard InChI is InChI=1S/C19H25N5O3/c1-11-8-12(2)21-19(20-11)24-14(4)16(13(3)22-24)10-17(25)23-7-5-6-15(23)9-18(26)27/h8,15H,5-7,9-10H2,1-4H3,(H,26,27). The van der Waals surface area contributed by atoms with Gasteiger partial charge in [-0.3, -0.25) is 9.59 Å². The highest BCUT2D eigenvalue weighted by molar-refractivity contribution is 5.80. The predicted molar refractivity (Wildman–Crippen MR) is 98.8 cm³/mol. The lowest BCUT2D eigenvalue weighted by Crippen LogP contribution is -2.37. The molecule has 1 N–H and O–H groups in total. The fourth-order valence-electron chi connectivity index (χ4n) is 3.76. The average Bonchev–Trinajstić information content (AvgIpc) is 3.13. The number of hydrogen-bond donors (Lipinski definition) is 1. The Bertz CT molecular complexity index is 869. The zero-order valence-electron chi connectivity index (χ0n) is 16.2. The Hall–Kier alpha value is -2.77. The summed E-state index contributed by atoms with van der Waals surface area (Å²) >= 11 is 0. The van der Waals surface area contributed by atoms with E-state index in [1.54, 1.807) is 9.58 Å². The van der Waals surface area contributed by atoms with Crippen molar-refractivity contribution >= 4 is 11.9 Å². The van der Waals surface area contributed by atoms with Gasteiger partial charge in [0.2, 0.25) is 5.91 Å². The molecule has 0 aliphatic carbocycles. The van der Waals surface area contributed by atoms with Gasteiger partial charge in [0.1, 0.15) is 0 Å². The minimum atomic E-state index is -0.869. The molecular weight excluding hydrogens is 346 g/mol. The molecule has 8 nitrogen and oxygen atoms in total. The van der Waals surface area contributed by atoms with Gasteiger partial charge in [-0.2, -0.15) is 5.10 Å². The van der Waals surface area contributed by atoms with E-state index in [9.17, 15) is 9.59 Å².